The molecule has 0 atom stereocenters. The van der Waals surface area contributed by atoms with Crippen molar-refractivity contribution in [2.75, 3.05) is 6.54 Å². The van der Waals surface area contributed by atoms with Gasteiger partial charge in [-0.25, -0.2) is 11.3 Å². The Morgan fingerprint density at radius 2 is 1.81 bits per heavy atom. The van der Waals surface area contributed by atoms with Crippen LogP contribution in [-0.2, 0) is 26.3 Å². The van der Waals surface area contributed by atoms with Crippen molar-refractivity contribution in [2.45, 2.75) is 52.6 Å². The van der Waals surface area contributed by atoms with Crippen LogP contribution in [0.15, 0.2) is 59.7 Å². The van der Waals surface area contributed by atoms with E-state index >= 15 is 0 Å². The van der Waals surface area contributed by atoms with E-state index in [-0.39, 0.29) is 20.1 Å². The van der Waals surface area contributed by atoms with Gasteiger partial charge in [-0.3, -0.25) is 4.99 Å². The predicted molar refractivity (Wildman–Crippen MR) is 143 cm³/mol. The molecule has 1 N–H and O–H groups in total. The van der Waals surface area contributed by atoms with Gasteiger partial charge in [0.15, 0.2) is 0 Å². The Balaban J connectivity index is 0.000000255. The van der Waals surface area contributed by atoms with E-state index in [9.17, 15) is 18.3 Å². The SMILES string of the molecule is CCCCCCN=Cc1cc(C)cc(C)c1O.FC(F)(F)c1ccc(-c2[c-]c3ccccc3s2)nc1.[Ir]. The molecule has 0 amide bonds. The summed E-state index contributed by atoms with van der Waals surface area (Å²) in [6.45, 7) is 7.01. The zero-order valence-electron chi connectivity index (χ0n) is 21.0. The number of hydrogen-bond donors (Lipinski definition) is 1. The Bertz CT molecular complexity index is 1270. The van der Waals surface area contributed by atoms with Gasteiger partial charge in [-0.1, -0.05) is 56.5 Å². The molecule has 2 aromatic heterocycles. The third kappa shape index (κ3) is 9.06. The fourth-order valence-corrected chi connectivity index (χ4v) is 4.59. The molecule has 0 aliphatic rings. The van der Waals surface area contributed by atoms with Crippen LogP contribution in [0.3, 0.4) is 0 Å². The number of halogens is 3. The van der Waals surface area contributed by atoms with Crippen LogP contribution in [0.5, 0.6) is 5.75 Å². The summed E-state index contributed by atoms with van der Waals surface area (Å²) in [5.41, 5.74) is 2.68. The minimum atomic E-state index is -4.35. The molecule has 1 radical (unpaired) electrons. The molecule has 2 heterocycles. The van der Waals surface area contributed by atoms with E-state index in [0.29, 0.717) is 11.4 Å². The second-order valence-electron chi connectivity index (χ2n) is 8.60. The van der Waals surface area contributed by atoms with Crippen LogP contribution in [0.2, 0.25) is 0 Å². The van der Waals surface area contributed by atoms with Crippen LogP contribution in [0.1, 0.15) is 54.9 Å². The Hall–Kier alpha value is -2.54. The van der Waals surface area contributed by atoms with Crippen molar-refractivity contribution in [3.8, 4) is 16.3 Å². The molecular weight excluding hydrogens is 674 g/mol. The minimum Gasteiger partial charge on any atom is -0.507 e. The van der Waals surface area contributed by atoms with Crippen LogP contribution in [0.25, 0.3) is 20.7 Å². The van der Waals surface area contributed by atoms with Crippen molar-refractivity contribution >= 4 is 27.6 Å². The Morgan fingerprint density at radius 3 is 2.46 bits per heavy atom. The molecule has 4 rings (SSSR count). The number of aromatic nitrogens is 1. The van der Waals surface area contributed by atoms with E-state index in [0.717, 1.165) is 56.9 Å². The summed E-state index contributed by atoms with van der Waals surface area (Å²) in [4.78, 5) is 8.99. The number of benzene rings is 2. The summed E-state index contributed by atoms with van der Waals surface area (Å²) in [6.07, 6.45) is 3.21. The van der Waals surface area contributed by atoms with E-state index in [1.54, 1.807) is 6.21 Å². The van der Waals surface area contributed by atoms with Gasteiger partial charge in [0.2, 0.25) is 0 Å². The summed E-state index contributed by atoms with van der Waals surface area (Å²) in [5, 5.41) is 10.8. The zero-order chi connectivity index (χ0) is 26.1. The molecule has 4 aromatic rings. The Morgan fingerprint density at radius 1 is 1.05 bits per heavy atom. The number of phenolic OH excluding ortho intramolecular Hbond substituents is 1. The number of hydrogen-bond acceptors (Lipinski definition) is 4. The second kappa shape index (κ2) is 14.4. The Labute approximate surface area is 233 Å². The van der Waals surface area contributed by atoms with Crippen LogP contribution in [0, 0.1) is 19.9 Å². The summed E-state index contributed by atoms with van der Waals surface area (Å²) in [6, 6.07) is 17.2. The quantitative estimate of drug-likeness (QED) is 0.119. The molecule has 2 aromatic carbocycles. The molecule has 37 heavy (non-hydrogen) atoms. The van der Waals surface area contributed by atoms with Gasteiger partial charge in [-0.15, -0.1) is 23.6 Å². The number of alkyl halides is 3. The second-order valence-corrected chi connectivity index (χ2v) is 9.65. The number of fused-ring (bicyclic) bond motifs is 1. The van der Waals surface area contributed by atoms with E-state index in [2.05, 4.69) is 23.0 Å². The average Bonchev–Trinajstić information content (AvgIpc) is 3.28. The van der Waals surface area contributed by atoms with Crippen molar-refractivity contribution < 1.29 is 38.4 Å². The normalized spacial score (nSPS) is 11.3. The molecule has 0 aliphatic heterocycles. The van der Waals surface area contributed by atoms with E-state index < -0.39 is 11.7 Å². The van der Waals surface area contributed by atoms with Crippen molar-refractivity contribution in [1.82, 2.24) is 4.98 Å². The van der Waals surface area contributed by atoms with Crippen LogP contribution < -0.4 is 0 Å². The number of aryl methyl sites for hydroxylation is 2. The van der Waals surface area contributed by atoms with E-state index in [1.165, 1.54) is 36.7 Å². The maximum Gasteiger partial charge on any atom is 0.417 e. The first-order valence-corrected chi connectivity index (χ1v) is 12.7. The first-order chi connectivity index (χ1) is 17.2. The third-order valence-electron chi connectivity index (χ3n) is 5.52. The van der Waals surface area contributed by atoms with Gasteiger partial charge in [0.1, 0.15) is 5.75 Å². The summed E-state index contributed by atoms with van der Waals surface area (Å²) in [5.74, 6) is 0.355. The number of thiophene rings is 1. The standard InChI is InChI=1S/C15H23NO.C14H7F3NS.Ir/c1-4-5-6-7-8-16-11-14-10-12(2)9-13(3)15(14)17;15-14(16,17)10-5-6-11(18-8-10)13-7-9-3-1-2-4-12(9)19-13;/h9-11,17H,4-8H2,1-3H3;1-6,8H;/q;-1;. The van der Waals surface area contributed by atoms with Gasteiger partial charge >= 0.3 is 6.18 Å². The summed E-state index contributed by atoms with van der Waals surface area (Å²) < 4.78 is 38.4. The van der Waals surface area contributed by atoms with Crippen molar-refractivity contribution in [1.29, 1.82) is 0 Å². The predicted octanol–water partition coefficient (Wildman–Crippen LogP) is 8.79. The molecule has 0 aliphatic carbocycles. The average molecular weight is 704 g/mol. The smallest absolute Gasteiger partial charge is 0.417 e. The molecule has 0 fully saturated rings. The topological polar surface area (TPSA) is 45.5 Å². The number of aromatic hydroxyl groups is 1. The van der Waals surface area contributed by atoms with Crippen LogP contribution in [-0.4, -0.2) is 22.8 Å². The molecule has 199 valence electrons. The first-order valence-electron chi connectivity index (χ1n) is 11.9. The van der Waals surface area contributed by atoms with Crippen LogP contribution >= 0.6 is 11.3 Å². The number of pyridine rings is 1. The molecule has 0 spiro atoms. The minimum absolute atomic E-state index is 0. The van der Waals surface area contributed by atoms with Crippen LogP contribution in [0.4, 0.5) is 13.2 Å². The van der Waals surface area contributed by atoms with Gasteiger partial charge in [0.05, 0.1) is 5.56 Å². The Kier molecular flexibility index (Phi) is 12.0. The molecule has 0 bridgehead atoms. The van der Waals surface area contributed by atoms with Gasteiger partial charge < -0.3 is 10.1 Å². The molecule has 8 heteroatoms. The monoisotopic (exact) mass is 704 g/mol. The zero-order valence-corrected chi connectivity index (χ0v) is 24.2. The fourth-order valence-electron chi connectivity index (χ4n) is 3.61. The summed E-state index contributed by atoms with van der Waals surface area (Å²) in [7, 11) is 0. The molecule has 0 saturated heterocycles. The van der Waals surface area contributed by atoms with Gasteiger partial charge in [0.25, 0.3) is 0 Å². The summed E-state index contributed by atoms with van der Waals surface area (Å²) >= 11 is 1.46. The first kappa shape index (κ1) is 30.7. The molecule has 3 nitrogen and oxygen atoms in total. The number of rotatable bonds is 7. The van der Waals surface area contributed by atoms with Crippen molar-refractivity contribution in [3.05, 3.63) is 83.0 Å². The molecular formula is C29H30F3IrN2OS-. The number of aliphatic imine (C=N–C) groups is 1. The number of nitrogens with zero attached hydrogens (tertiary/aromatic N) is 2. The number of unbranched alkanes of at least 4 members (excludes halogenated alkanes) is 3. The largest absolute Gasteiger partial charge is 0.507 e. The van der Waals surface area contributed by atoms with Gasteiger partial charge in [-0.05, 0) is 47.0 Å². The maximum absolute atomic E-state index is 12.4. The molecule has 0 unspecified atom stereocenters. The van der Waals surface area contributed by atoms with Crippen molar-refractivity contribution in [2.24, 2.45) is 4.99 Å². The van der Waals surface area contributed by atoms with Crippen molar-refractivity contribution in [3.63, 3.8) is 0 Å². The molecule has 0 saturated carbocycles. The van der Waals surface area contributed by atoms with E-state index in [1.807, 2.05) is 50.2 Å². The third-order valence-corrected chi connectivity index (χ3v) is 6.61. The number of phenols is 1. The maximum atomic E-state index is 12.4. The fraction of sp³-hybridized carbons (Fsp3) is 0.310. The van der Waals surface area contributed by atoms with Gasteiger partial charge in [-0.2, -0.15) is 13.2 Å². The van der Waals surface area contributed by atoms with Gasteiger partial charge in [0, 0.05) is 50.3 Å². The van der Waals surface area contributed by atoms with E-state index in [4.69, 9.17) is 0 Å².